The van der Waals surface area contributed by atoms with Crippen LogP contribution in [-0.2, 0) is 11.3 Å². The van der Waals surface area contributed by atoms with Crippen LogP contribution in [0.5, 0.6) is 0 Å². The van der Waals surface area contributed by atoms with Gasteiger partial charge in [-0.05, 0) is 56.9 Å². The molecule has 0 bridgehead atoms. The average molecular weight is 443 g/mol. The molecule has 1 saturated heterocycles. The summed E-state index contributed by atoms with van der Waals surface area (Å²) in [6.07, 6.45) is 21.2. The van der Waals surface area contributed by atoms with Gasteiger partial charge in [0.15, 0.2) is 5.96 Å². The summed E-state index contributed by atoms with van der Waals surface area (Å²) in [5.74, 6) is 1.70. The third-order valence-corrected chi connectivity index (χ3v) is 8.12. The van der Waals surface area contributed by atoms with Crippen LogP contribution in [0, 0.1) is 17.2 Å². The van der Waals surface area contributed by atoms with Gasteiger partial charge >= 0.3 is 0 Å². The molecule has 0 radical (unpaired) electrons. The molecule has 1 amide bonds. The smallest absolute Gasteiger partial charge is 0.254 e. The predicted octanol–water partition coefficient (Wildman–Crippen LogP) is 3.91. The quantitative estimate of drug-likeness (QED) is 0.480. The van der Waals surface area contributed by atoms with Crippen LogP contribution in [0.1, 0.15) is 83.5 Å². The molecule has 3 aliphatic rings. The Hall–Kier alpha value is -1.89. The molecule has 2 saturated carbocycles. The Morgan fingerprint density at radius 3 is 2.72 bits per heavy atom. The first kappa shape index (κ1) is 23.3. The third-order valence-electron chi connectivity index (χ3n) is 8.12. The maximum atomic E-state index is 13.3. The summed E-state index contributed by atoms with van der Waals surface area (Å²) in [4.78, 5) is 18.9. The Balaban J connectivity index is 1.30. The number of imidazole rings is 1. The third kappa shape index (κ3) is 5.72. The second-order valence-corrected chi connectivity index (χ2v) is 10.5. The second kappa shape index (κ2) is 10.8. The van der Waals surface area contributed by atoms with Crippen LogP contribution >= 0.6 is 0 Å². The molecule has 4 rings (SSSR count). The lowest BCUT2D eigenvalue weighted by Gasteiger charge is -2.37. The van der Waals surface area contributed by atoms with Gasteiger partial charge in [-0.15, -0.1) is 0 Å². The van der Waals surface area contributed by atoms with Crippen molar-refractivity contribution in [2.45, 2.75) is 102 Å². The number of nitrogens with one attached hydrogen (secondary N) is 3. The highest BCUT2D eigenvalue weighted by atomic mass is 16.2. The highest BCUT2D eigenvalue weighted by molar-refractivity contribution is 6.07. The summed E-state index contributed by atoms with van der Waals surface area (Å²) in [5.41, 5.74) is -0.558. The molecule has 3 N–H and O–H groups in total. The summed E-state index contributed by atoms with van der Waals surface area (Å²) >= 11 is 0. The highest BCUT2D eigenvalue weighted by Gasteiger charge is 2.49. The van der Waals surface area contributed by atoms with Crippen LogP contribution in [-0.4, -0.2) is 51.5 Å². The lowest BCUT2D eigenvalue weighted by Crippen LogP contribution is -2.50. The summed E-state index contributed by atoms with van der Waals surface area (Å²) in [7, 11) is 1.76. The minimum Gasteiger partial charge on any atom is -0.342 e. The number of rotatable bonds is 10. The predicted molar refractivity (Wildman–Crippen MR) is 127 cm³/mol. The molecule has 1 aliphatic heterocycles. The summed E-state index contributed by atoms with van der Waals surface area (Å²) in [6.45, 7) is 2.02. The van der Waals surface area contributed by atoms with Crippen molar-refractivity contribution >= 4 is 11.9 Å². The van der Waals surface area contributed by atoms with Crippen molar-refractivity contribution in [3.63, 3.8) is 0 Å². The van der Waals surface area contributed by atoms with Crippen molar-refractivity contribution in [2.24, 2.45) is 11.8 Å². The van der Waals surface area contributed by atoms with Crippen LogP contribution in [0.3, 0.4) is 0 Å². The highest BCUT2D eigenvalue weighted by Crippen LogP contribution is 2.38. The van der Waals surface area contributed by atoms with E-state index >= 15 is 0 Å². The van der Waals surface area contributed by atoms with E-state index in [1.165, 1.54) is 56.3 Å². The molecule has 3 fully saturated rings. The van der Waals surface area contributed by atoms with Crippen LogP contribution in [0.25, 0.3) is 0 Å². The summed E-state index contributed by atoms with van der Waals surface area (Å²) in [5, 5.41) is 15.4. The second-order valence-electron chi connectivity index (χ2n) is 10.5. The number of carbonyl (C=O) groups is 1. The lowest BCUT2D eigenvalue weighted by atomic mass is 9.74. The number of aryl methyl sites for hydroxylation is 1. The minimum absolute atomic E-state index is 0.119. The first-order chi connectivity index (χ1) is 15.6. The number of amides is 1. The van der Waals surface area contributed by atoms with E-state index in [9.17, 15) is 4.79 Å². The van der Waals surface area contributed by atoms with E-state index in [4.69, 9.17) is 5.41 Å². The van der Waals surface area contributed by atoms with Crippen molar-refractivity contribution in [2.75, 3.05) is 13.6 Å². The zero-order valence-electron chi connectivity index (χ0n) is 19.8. The van der Waals surface area contributed by atoms with E-state index in [1.54, 1.807) is 7.05 Å². The van der Waals surface area contributed by atoms with Gasteiger partial charge in [0, 0.05) is 32.0 Å². The Morgan fingerprint density at radius 1 is 1.19 bits per heavy atom. The lowest BCUT2D eigenvalue weighted by molar-refractivity contribution is -0.131. The van der Waals surface area contributed by atoms with Crippen molar-refractivity contribution in [1.82, 2.24) is 25.1 Å². The van der Waals surface area contributed by atoms with Gasteiger partial charge in [0.1, 0.15) is 5.54 Å². The Kier molecular flexibility index (Phi) is 7.87. The minimum atomic E-state index is -0.558. The van der Waals surface area contributed by atoms with Gasteiger partial charge in [-0.3, -0.25) is 15.1 Å². The molecule has 1 aromatic heterocycles. The maximum absolute atomic E-state index is 13.3. The Morgan fingerprint density at radius 2 is 2.00 bits per heavy atom. The van der Waals surface area contributed by atoms with Gasteiger partial charge in [0.05, 0.1) is 6.33 Å². The number of likely N-dealkylation sites (N-methyl/N-ethyl adjacent to an activating group) is 1. The number of carbonyl (C=O) groups excluding carboxylic acids is 1. The molecule has 0 spiro atoms. The number of hydrogen-bond acceptors (Lipinski definition) is 4. The van der Waals surface area contributed by atoms with E-state index in [0.29, 0.717) is 12.0 Å². The number of hydrogen-bond donors (Lipinski definition) is 3. The molecule has 178 valence electrons. The Bertz CT molecular complexity index is 744. The Labute approximate surface area is 193 Å². The fourth-order valence-electron chi connectivity index (χ4n) is 6.26. The van der Waals surface area contributed by atoms with Gasteiger partial charge < -0.3 is 15.2 Å². The molecule has 2 aliphatic carbocycles. The number of guanidine groups is 1. The van der Waals surface area contributed by atoms with E-state index in [-0.39, 0.29) is 11.9 Å². The normalized spacial score (nSPS) is 29.5. The van der Waals surface area contributed by atoms with Gasteiger partial charge in [0.2, 0.25) is 0 Å². The zero-order valence-corrected chi connectivity index (χ0v) is 19.8. The van der Waals surface area contributed by atoms with Crippen molar-refractivity contribution in [3.05, 3.63) is 18.7 Å². The maximum Gasteiger partial charge on any atom is 0.254 e. The molecule has 7 heteroatoms. The van der Waals surface area contributed by atoms with Crippen molar-refractivity contribution < 1.29 is 4.79 Å². The largest absolute Gasteiger partial charge is 0.342 e. The molecular weight excluding hydrogens is 400 g/mol. The SMILES string of the molecule is CN1C(=N)N[C@](CCC2CCCCC2)(C[C@@H]2CCC[C@H](NCCCn3ccnc3)C2)C1=O. The van der Waals surface area contributed by atoms with E-state index in [0.717, 1.165) is 51.1 Å². The molecule has 0 aromatic carbocycles. The van der Waals surface area contributed by atoms with Crippen LogP contribution in [0.15, 0.2) is 18.7 Å². The van der Waals surface area contributed by atoms with Crippen LogP contribution in [0.4, 0.5) is 0 Å². The van der Waals surface area contributed by atoms with E-state index in [2.05, 4.69) is 20.2 Å². The van der Waals surface area contributed by atoms with Crippen LogP contribution < -0.4 is 10.6 Å². The first-order valence-corrected chi connectivity index (χ1v) is 12.9. The molecule has 2 heterocycles. The topological polar surface area (TPSA) is 86.0 Å². The van der Waals surface area contributed by atoms with Crippen LogP contribution in [0.2, 0.25) is 0 Å². The standard InChI is InChI=1S/C25H42N6O/c1-30-23(32)25(29-24(30)26,12-11-20-7-3-2-4-8-20)18-21-9-5-10-22(17-21)28-13-6-15-31-16-14-27-19-31/h14,16,19-22,28H,2-13,15,17-18H2,1H3,(H2,26,29)/t21-,22+,25-/m1/s1. The molecule has 1 aromatic rings. The zero-order chi connectivity index (χ0) is 22.4. The summed E-state index contributed by atoms with van der Waals surface area (Å²) in [6, 6.07) is 0.542. The molecule has 7 nitrogen and oxygen atoms in total. The van der Waals surface area contributed by atoms with Gasteiger partial charge in [0.25, 0.3) is 5.91 Å². The number of nitrogens with zero attached hydrogens (tertiary/aromatic N) is 3. The number of aromatic nitrogens is 2. The van der Waals surface area contributed by atoms with Gasteiger partial charge in [-0.1, -0.05) is 44.9 Å². The molecule has 0 unspecified atom stereocenters. The van der Waals surface area contributed by atoms with Gasteiger partial charge in [-0.25, -0.2) is 4.98 Å². The van der Waals surface area contributed by atoms with Crippen molar-refractivity contribution in [3.8, 4) is 0 Å². The fraction of sp³-hybridized carbons (Fsp3) is 0.800. The molecule has 32 heavy (non-hydrogen) atoms. The van der Waals surface area contributed by atoms with Gasteiger partial charge in [-0.2, -0.15) is 0 Å². The van der Waals surface area contributed by atoms with Crippen molar-refractivity contribution in [1.29, 1.82) is 5.41 Å². The van der Waals surface area contributed by atoms with E-state index in [1.807, 2.05) is 18.7 Å². The average Bonchev–Trinajstić information content (AvgIpc) is 3.40. The first-order valence-electron chi connectivity index (χ1n) is 12.9. The fourth-order valence-corrected chi connectivity index (χ4v) is 6.26. The van der Waals surface area contributed by atoms with E-state index < -0.39 is 5.54 Å². The summed E-state index contributed by atoms with van der Waals surface area (Å²) < 4.78 is 2.13. The monoisotopic (exact) mass is 442 g/mol. The molecular formula is C25H42N6O. The molecule has 3 atom stereocenters.